The van der Waals surface area contributed by atoms with Gasteiger partial charge in [0, 0.05) is 6.16 Å². The maximum absolute atomic E-state index is 11.6. The van der Waals surface area contributed by atoms with E-state index < -0.39 is 8.03 Å². The van der Waals surface area contributed by atoms with Crippen LogP contribution in [0.25, 0.3) is 0 Å². The van der Waals surface area contributed by atoms with Crippen molar-refractivity contribution >= 4 is 8.03 Å². The fourth-order valence-electron chi connectivity index (χ4n) is 2.06. The molecule has 2 rings (SSSR count). The number of hydrogen-bond donors (Lipinski definition) is 0. The van der Waals surface area contributed by atoms with Gasteiger partial charge in [-0.3, -0.25) is 4.57 Å². The predicted octanol–water partition coefficient (Wildman–Crippen LogP) is 4.32. The number of hydrogen-bond acceptors (Lipinski definition) is 3. The Labute approximate surface area is 126 Å². The summed E-state index contributed by atoms with van der Waals surface area (Å²) in [4.78, 5) is 0. The summed E-state index contributed by atoms with van der Waals surface area (Å²) in [6, 6.07) is 18.0. The molecule has 0 amide bonds. The third kappa shape index (κ3) is 5.37. The summed E-state index contributed by atoms with van der Waals surface area (Å²) in [6.07, 6.45) is 1.27. The van der Waals surface area contributed by atoms with Gasteiger partial charge in [-0.2, -0.15) is 0 Å². The van der Waals surface area contributed by atoms with Gasteiger partial charge in [-0.05, 0) is 30.5 Å². The first-order valence-electron chi connectivity index (χ1n) is 7.20. The standard InChI is InChI=1S/C17H21O3P/c1-2-20-21(18)13-12-16-10-6-7-11-17(16)19-14-15-8-4-3-5-9-15/h3-11,21H,2,12-14H2,1H3. The lowest BCUT2D eigenvalue weighted by atomic mass is 10.1. The van der Waals surface area contributed by atoms with Crippen LogP contribution in [0.3, 0.4) is 0 Å². The fraction of sp³-hybridized carbons (Fsp3) is 0.294. The van der Waals surface area contributed by atoms with Crippen molar-refractivity contribution in [2.24, 2.45) is 0 Å². The van der Waals surface area contributed by atoms with Gasteiger partial charge < -0.3 is 9.26 Å². The van der Waals surface area contributed by atoms with Crippen LogP contribution in [0.15, 0.2) is 54.6 Å². The van der Waals surface area contributed by atoms with E-state index in [1.807, 2.05) is 61.5 Å². The predicted molar refractivity (Wildman–Crippen MR) is 86.4 cm³/mol. The Balaban J connectivity index is 1.95. The Bertz CT molecular complexity index is 569. The van der Waals surface area contributed by atoms with Crippen LogP contribution < -0.4 is 4.74 Å². The zero-order valence-electron chi connectivity index (χ0n) is 12.2. The van der Waals surface area contributed by atoms with Crippen molar-refractivity contribution in [2.45, 2.75) is 20.0 Å². The number of para-hydroxylation sites is 1. The van der Waals surface area contributed by atoms with E-state index in [0.717, 1.165) is 16.9 Å². The molecule has 1 unspecified atom stereocenters. The fourth-order valence-corrected chi connectivity index (χ4v) is 3.00. The molecule has 0 radical (unpaired) electrons. The second-order valence-electron chi connectivity index (χ2n) is 4.69. The normalized spacial score (nSPS) is 12.0. The van der Waals surface area contributed by atoms with E-state index in [0.29, 0.717) is 25.8 Å². The minimum Gasteiger partial charge on any atom is -0.489 e. The van der Waals surface area contributed by atoms with Gasteiger partial charge >= 0.3 is 0 Å². The number of benzene rings is 2. The quantitative estimate of drug-likeness (QED) is 0.681. The molecular weight excluding hydrogens is 283 g/mol. The lowest BCUT2D eigenvalue weighted by Crippen LogP contribution is -1.99. The van der Waals surface area contributed by atoms with Gasteiger partial charge in [-0.15, -0.1) is 0 Å². The molecule has 2 aromatic rings. The van der Waals surface area contributed by atoms with Gasteiger partial charge in [-0.25, -0.2) is 0 Å². The molecule has 0 bridgehead atoms. The summed E-state index contributed by atoms with van der Waals surface area (Å²) >= 11 is 0. The van der Waals surface area contributed by atoms with E-state index in [1.165, 1.54) is 0 Å². The molecule has 0 aliphatic carbocycles. The first-order chi connectivity index (χ1) is 10.3. The van der Waals surface area contributed by atoms with E-state index in [2.05, 4.69) is 0 Å². The summed E-state index contributed by atoms with van der Waals surface area (Å²) in [5.74, 6) is 0.854. The van der Waals surface area contributed by atoms with Crippen LogP contribution in [0.2, 0.25) is 0 Å². The smallest absolute Gasteiger partial charge is 0.191 e. The van der Waals surface area contributed by atoms with Crippen LogP contribution in [0.5, 0.6) is 5.75 Å². The highest BCUT2D eigenvalue weighted by atomic mass is 31.1. The maximum atomic E-state index is 11.6. The van der Waals surface area contributed by atoms with Crippen LogP contribution in [-0.4, -0.2) is 12.8 Å². The molecule has 4 heteroatoms. The van der Waals surface area contributed by atoms with Gasteiger partial charge in [0.25, 0.3) is 0 Å². The highest BCUT2D eigenvalue weighted by molar-refractivity contribution is 7.39. The zero-order valence-corrected chi connectivity index (χ0v) is 13.2. The lowest BCUT2D eigenvalue weighted by molar-refractivity contribution is 0.303. The van der Waals surface area contributed by atoms with Crippen molar-refractivity contribution in [1.29, 1.82) is 0 Å². The molecule has 1 atom stereocenters. The molecule has 0 heterocycles. The van der Waals surface area contributed by atoms with Crippen LogP contribution in [0, 0.1) is 0 Å². The SMILES string of the molecule is CCO[PH](=O)CCc1ccccc1OCc1ccccc1. The van der Waals surface area contributed by atoms with Crippen LogP contribution >= 0.6 is 8.03 Å². The molecule has 21 heavy (non-hydrogen) atoms. The van der Waals surface area contributed by atoms with E-state index >= 15 is 0 Å². The summed E-state index contributed by atoms with van der Waals surface area (Å²) < 4.78 is 22.7. The Morgan fingerprint density at radius 3 is 2.48 bits per heavy atom. The summed E-state index contributed by atoms with van der Waals surface area (Å²) in [7, 11) is -1.93. The number of aryl methyl sites for hydroxylation is 1. The molecule has 0 aliphatic rings. The van der Waals surface area contributed by atoms with E-state index in [9.17, 15) is 4.57 Å². The second-order valence-corrected chi connectivity index (χ2v) is 6.22. The van der Waals surface area contributed by atoms with Crippen molar-refractivity contribution in [2.75, 3.05) is 12.8 Å². The van der Waals surface area contributed by atoms with Gasteiger partial charge in [0.15, 0.2) is 8.03 Å². The van der Waals surface area contributed by atoms with E-state index in [-0.39, 0.29) is 0 Å². The van der Waals surface area contributed by atoms with Crippen molar-refractivity contribution in [3.8, 4) is 5.75 Å². The average Bonchev–Trinajstić information content (AvgIpc) is 2.53. The molecule has 0 spiro atoms. The molecule has 0 fully saturated rings. The van der Waals surface area contributed by atoms with Crippen LogP contribution in [0.4, 0.5) is 0 Å². The minimum absolute atomic E-state index is 0.504. The van der Waals surface area contributed by atoms with Crippen LogP contribution in [0.1, 0.15) is 18.1 Å². The third-order valence-corrected chi connectivity index (χ3v) is 4.38. The van der Waals surface area contributed by atoms with Gasteiger partial charge in [0.1, 0.15) is 12.4 Å². The third-order valence-electron chi connectivity index (χ3n) is 3.11. The zero-order chi connectivity index (χ0) is 14.9. The summed E-state index contributed by atoms with van der Waals surface area (Å²) in [5.41, 5.74) is 2.21. The van der Waals surface area contributed by atoms with Gasteiger partial charge in [-0.1, -0.05) is 48.5 Å². The Morgan fingerprint density at radius 2 is 1.71 bits per heavy atom. The van der Waals surface area contributed by atoms with Crippen molar-refractivity contribution in [3.05, 3.63) is 65.7 Å². The molecule has 0 aliphatic heterocycles. The molecule has 0 saturated heterocycles. The molecule has 0 aromatic heterocycles. The number of ether oxygens (including phenoxy) is 1. The highest BCUT2D eigenvalue weighted by Crippen LogP contribution is 2.26. The Morgan fingerprint density at radius 1 is 1.00 bits per heavy atom. The van der Waals surface area contributed by atoms with Crippen molar-refractivity contribution < 1.29 is 13.8 Å². The maximum Gasteiger partial charge on any atom is 0.191 e. The summed E-state index contributed by atoms with van der Waals surface area (Å²) in [6.45, 7) is 2.90. The van der Waals surface area contributed by atoms with Gasteiger partial charge in [0.05, 0.1) is 6.61 Å². The van der Waals surface area contributed by atoms with E-state index in [1.54, 1.807) is 0 Å². The monoisotopic (exact) mass is 304 g/mol. The van der Waals surface area contributed by atoms with Crippen LogP contribution in [-0.2, 0) is 22.1 Å². The molecule has 0 N–H and O–H groups in total. The topological polar surface area (TPSA) is 35.5 Å². The Kier molecular flexibility index (Phi) is 6.52. The molecule has 3 nitrogen and oxygen atoms in total. The minimum atomic E-state index is -1.93. The van der Waals surface area contributed by atoms with Crippen molar-refractivity contribution in [1.82, 2.24) is 0 Å². The molecular formula is C17H21O3P. The average molecular weight is 304 g/mol. The Hall–Kier alpha value is -1.57. The second kappa shape index (κ2) is 8.66. The highest BCUT2D eigenvalue weighted by Gasteiger charge is 2.06. The van der Waals surface area contributed by atoms with Crippen molar-refractivity contribution in [3.63, 3.8) is 0 Å². The lowest BCUT2D eigenvalue weighted by Gasteiger charge is -2.11. The van der Waals surface area contributed by atoms with E-state index in [4.69, 9.17) is 9.26 Å². The summed E-state index contributed by atoms with van der Waals surface area (Å²) in [5, 5.41) is 0. The molecule has 2 aromatic carbocycles. The molecule has 0 saturated carbocycles. The number of rotatable bonds is 8. The largest absolute Gasteiger partial charge is 0.489 e. The molecule has 112 valence electrons. The first-order valence-corrected chi connectivity index (χ1v) is 8.72. The van der Waals surface area contributed by atoms with Gasteiger partial charge in [0.2, 0.25) is 0 Å². The first kappa shape index (κ1) is 15.8.